The van der Waals surface area contributed by atoms with Crippen molar-refractivity contribution in [3.05, 3.63) is 29.3 Å². The number of alkyl halides is 1. The third-order valence-corrected chi connectivity index (χ3v) is 4.36. The standard InChI is InChI=1S/C17H23ClN2O2/c1-13-7-6-8-14(2)17(13)20(15(21)11-18)12-16(22)19-9-4-3-5-10-19/h6-8H,3-5,9-12H2,1-2H3. The van der Waals surface area contributed by atoms with Gasteiger partial charge in [-0.05, 0) is 44.2 Å². The lowest BCUT2D eigenvalue weighted by Crippen LogP contribution is -2.45. The largest absolute Gasteiger partial charge is 0.341 e. The fourth-order valence-electron chi connectivity index (χ4n) is 2.97. The summed E-state index contributed by atoms with van der Waals surface area (Å²) in [4.78, 5) is 28.2. The van der Waals surface area contributed by atoms with Crippen molar-refractivity contribution in [3.63, 3.8) is 0 Å². The van der Waals surface area contributed by atoms with Crippen LogP contribution in [0.4, 0.5) is 5.69 Å². The zero-order valence-corrected chi connectivity index (χ0v) is 14.0. The van der Waals surface area contributed by atoms with E-state index in [1.54, 1.807) is 0 Å². The van der Waals surface area contributed by atoms with Gasteiger partial charge in [-0.15, -0.1) is 11.6 Å². The minimum absolute atomic E-state index is 0.000759. The predicted molar refractivity (Wildman–Crippen MR) is 89.4 cm³/mol. The molecule has 22 heavy (non-hydrogen) atoms. The van der Waals surface area contributed by atoms with E-state index in [2.05, 4.69) is 0 Å². The number of carbonyl (C=O) groups is 2. The number of nitrogens with zero attached hydrogens (tertiary/aromatic N) is 2. The summed E-state index contributed by atoms with van der Waals surface area (Å²) in [5.74, 6) is -0.355. The van der Waals surface area contributed by atoms with Gasteiger partial charge in [-0.2, -0.15) is 0 Å². The van der Waals surface area contributed by atoms with Crippen molar-refractivity contribution in [1.29, 1.82) is 0 Å². The quantitative estimate of drug-likeness (QED) is 0.800. The molecule has 4 nitrogen and oxygen atoms in total. The molecule has 1 aromatic carbocycles. The second-order valence-corrected chi connectivity index (χ2v) is 6.06. The van der Waals surface area contributed by atoms with E-state index < -0.39 is 0 Å². The molecule has 2 rings (SSSR count). The maximum atomic E-state index is 12.5. The molecule has 0 atom stereocenters. The number of piperidine rings is 1. The molecular formula is C17H23ClN2O2. The van der Waals surface area contributed by atoms with Crippen molar-refractivity contribution >= 4 is 29.1 Å². The molecule has 0 spiro atoms. The van der Waals surface area contributed by atoms with Crippen molar-refractivity contribution < 1.29 is 9.59 Å². The van der Waals surface area contributed by atoms with Crippen LogP contribution in [0.25, 0.3) is 0 Å². The lowest BCUT2D eigenvalue weighted by Gasteiger charge is -2.31. The number of hydrogen-bond acceptors (Lipinski definition) is 2. The zero-order chi connectivity index (χ0) is 16.1. The summed E-state index contributed by atoms with van der Waals surface area (Å²) in [7, 11) is 0. The molecule has 1 aliphatic rings. The third kappa shape index (κ3) is 3.80. The molecule has 1 fully saturated rings. The van der Waals surface area contributed by atoms with Crippen LogP contribution in [0.1, 0.15) is 30.4 Å². The highest BCUT2D eigenvalue weighted by Crippen LogP contribution is 2.25. The number of carbonyl (C=O) groups excluding carboxylic acids is 2. The van der Waals surface area contributed by atoms with Gasteiger partial charge in [-0.25, -0.2) is 0 Å². The third-order valence-electron chi connectivity index (χ3n) is 4.13. The number of para-hydroxylation sites is 1. The van der Waals surface area contributed by atoms with Crippen LogP contribution in [-0.2, 0) is 9.59 Å². The van der Waals surface area contributed by atoms with Gasteiger partial charge in [0.05, 0.1) is 5.69 Å². The van der Waals surface area contributed by atoms with Crippen LogP contribution < -0.4 is 4.90 Å². The lowest BCUT2D eigenvalue weighted by atomic mass is 10.1. The molecule has 0 saturated carbocycles. The summed E-state index contributed by atoms with van der Waals surface area (Å²) in [6.07, 6.45) is 3.25. The molecule has 0 aliphatic carbocycles. The predicted octanol–water partition coefficient (Wildman–Crippen LogP) is 2.89. The Morgan fingerprint density at radius 3 is 2.27 bits per heavy atom. The Morgan fingerprint density at radius 2 is 1.73 bits per heavy atom. The second kappa shape index (κ2) is 7.63. The molecule has 1 aliphatic heterocycles. The molecule has 1 aromatic rings. The number of hydrogen-bond donors (Lipinski definition) is 0. The fraction of sp³-hybridized carbons (Fsp3) is 0.529. The topological polar surface area (TPSA) is 40.6 Å². The zero-order valence-electron chi connectivity index (χ0n) is 13.3. The molecule has 120 valence electrons. The molecule has 0 bridgehead atoms. The van der Waals surface area contributed by atoms with Crippen LogP contribution in [0.15, 0.2) is 18.2 Å². The van der Waals surface area contributed by atoms with Crippen molar-refractivity contribution in [3.8, 4) is 0 Å². The monoisotopic (exact) mass is 322 g/mol. The molecule has 0 unspecified atom stereocenters. The van der Waals surface area contributed by atoms with Gasteiger partial charge in [0.1, 0.15) is 12.4 Å². The summed E-state index contributed by atoms with van der Waals surface area (Å²) < 4.78 is 0. The van der Waals surface area contributed by atoms with E-state index in [0.29, 0.717) is 0 Å². The Bertz CT molecular complexity index is 533. The molecule has 1 saturated heterocycles. The number of anilines is 1. The minimum atomic E-state index is -0.232. The van der Waals surface area contributed by atoms with Gasteiger partial charge in [0, 0.05) is 13.1 Å². The van der Waals surface area contributed by atoms with Crippen LogP contribution in [0, 0.1) is 13.8 Å². The first-order valence-electron chi connectivity index (χ1n) is 7.75. The van der Waals surface area contributed by atoms with Gasteiger partial charge >= 0.3 is 0 Å². The molecule has 2 amide bonds. The van der Waals surface area contributed by atoms with Crippen LogP contribution >= 0.6 is 11.6 Å². The summed E-state index contributed by atoms with van der Waals surface area (Å²) in [5, 5.41) is 0. The Kier molecular flexibility index (Phi) is 5.83. The summed E-state index contributed by atoms with van der Waals surface area (Å²) >= 11 is 5.75. The van der Waals surface area contributed by atoms with Crippen LogP contribution in [0.5, 0.6) is 0 Å². The van der Waals surface area contributed by atoms with Crippen molar-refractivity contribution in [1.82, 2.24) is 4.90 Å². The number of likely N-dealkylation sites (tertiary alicyclic amines) is 1. The fourth-order valence-corrected chi connectivity index (χ4v) is 3.12. The summed E-state index contributed by atoms with van der Waals surface area (Å²) in [6.45, 7) is 5.53. The van der Waals surface area contributed by atoms with E-state index in [1.165, 1.54) is 11.3 Å². The van der Waals surface area contributed by atoms with Gasteiger partial charge in [0.25, 0.3) is 0 Å². The maximum Gasteiger partial charge on any atom is 0.242 e. The Hall–Kier alpha value is -1.55. The lowest BCUT2D eigenvalue weighted by molar-refractivity contribution is -0.132. The first-order valence-corrected chi connectivity index (χ1v) is 8.28. The van der Waals surface area contributed by atoms with Crippen LogP contribution in [0.3, 0.4) is 0 Å². The van der Waals surface area contributed by atoms with E-state index in [9.17, 15) is 9.59 Å². The number of halogens is 1. The van der Waals surface area contributed by atoms with Crippen molar-refractivity contribution in [2.24, 2.45) is 0 Å². The van der Waals surface area contributed by atoms with Gasteiger partial charge in [0.15, 0.2) is 0 Å². The SMILES string of the molecule is Cc1cccc(C)c1N(CC(=O)N1CCCCC1)C(=O)CCl. The first kappa shape index (κ1) is 16.8. The molecule has 5 heteroatoms. The molecule has 0 aromatic heterocycles. The van der Waals surface area contributed by atoms with E-state index >= 15 is 0 Å². The Balaban J connectivity index is 2.23. The van der Waals surface area contributed by atoms with Gasteiger partial charge in [-0.3, -0.25) is 9.59 Å². The molecule has 0 N–H and O–H groups in total. The normalized spacial score (nSPS) is 14.8. The number of amides is 2. The highest BCUT2D eigenvalue weighted by molar-refractivity contribution is 6.29. The number of rotatable bonds is 4. The first-order chi connectivity index (χ1) is 10.5. The molecule has 1 heterocycles. The maximum absolute atomic E-state index is 12.5. The van der Waals surface area contributed by atoms with Gasteiger partial charge in [0.2, 0.25) is 11.8 Å². The average Bonchev–Trinajstić information content (AvgIpc) is 2.53. The number of benzene rings is 1. The Morgan fingerprint density at radius 1 is 1.14 bits per heavy atom. The van der Waals surface area contributed by atoms with Gasteiger partial charge < -0.3 is 9.80 Å². The number of aryl methyl sites for hydroxylation is 2. The van der Waals surface area contributed by atoms with E-state index in [0.717, 1.165) is 42.7 Å². The summed E-state index contributed by atoms with van der Waals surface area (Å²) in [6, 6.07) is 5.84. The highest BCUT2D eigenvalue weighted by atomic mass is 35.5. The van der Waals surface area contributed by atoms with Crippen LogP contribution in [-0.4, -0.2) is 42.2 Å². The van der Waals surface area contributed by atoms with Crippen molar-refractivity contribution in [2.75, 3.05) is 30.4 Å². The smallest absolute Gasteiger partial charge is 0.242 e. The van der Waals surface area contributed by atoms with E-state index in [4.69, 9.17) is 11.6 Å². The average molecular weight is 323 g/mol. The van der Waals surface area contributed by atoms with Crippen molar-refractivity contribution in [2.45, 2.75) is 33.1 Å². The van der Waals surface area contributed by atoms with Crippen LogP contribution in [0.2, 0.25) is 0 Å². The highest BCUT2D eigenvalue weighted by Gasteiger charge is 2.25. The molecule has 0 radical (unpaired) electrons. The summed E-state index contributed by atoms with van der Waals surface area (Å²) in [5.41, 5.74) is 2.76. The van der Waals surface area contributed by atoms with E-state index in [1.807, 2.05) is 36.9 Å². The Labute approximate surface area is 137 Å². The van der Waals surface area contributed by atoms with E-state index in [-0.39, 0.29) is 24.2 Å². The minimum Gasteiger partial charge on any atom is -0.341 e. The molecular weight excluding hydrogens is 300 g/mol. The van der Waals surface area contributed by atoms with Gasteiger partial charge in [-0.1, -0.05) is 18.2 Å². The second-order valence-electron chi connectivity index (χ2n) is 5.80.